The van der Waals surface area contributed by atoms with E-state index < -0.39 is 0 Å². The van der Waals surface area contributed by atoms with Crippen molar-refractivity contribution in [1.29, 1.82) is 0 Å². The molecule has 4 nitrogen and oxygen atoms in total. The van der Waals surface area contributed by atoms with E-state index in [9.17, 15) is 0 Å². The number of nitrogens with two attached hydrogens (primary N) is 1. The third-order valence-electron chi connectivity index (χ3n) is 2.92. The highest BCUT2D eigenvalue weighted by molar-refractivity contribution is 5.53. The number of aryl methyl sites for hydroxylation is 1. The number of hydrogen-bond donors (Lipinski definition) is 1. The van der Waals surface area contributed by atoms with Crippen LogP contribution in [0.25, 0.3) is 0 Å². The predicted octanol–water partition coefficient (Wildman–Crippen LogP) is 2.11. The highest BCUT2D eigenvalue weighted by Gasteiger charge is 2.23. The Hall–Kier alpha value is -1.26. The van der Waals surface area contributed by atoms with E-state index in [2.05, 4.69) is 0 Å². The molecule has 0 radical (unpaired) electrons. The zero-order valence-corrected chi connectivity index (χ0v) is 10.3. The van der Waals surface area contributed by atoms with Crippen molar-refractivity contribution >= 4 is 5.69 Å². The van der Waals surface area contributed by atoms with Crippen LogP contribution in [0.3, 0.4) is 0 Å². The van der Waals surface area contributed by atoms with Crippen LogP contribution in [-0.2, 0) is 9.47 Å². The summed E-state index contributed by atoms with van der Waals surface area (Å²) >= 11 is 0. The summed E-state index contributed by atoms with van der Waals surface area (Å²) in [5.74, 6) is 0.745. The average molecular weight is 237 g/mol. The Balaban J connectivity index is 1.95. The Kier molecular flexibility index (Phi) is 3.86. The molecule has 2 N–H and O–H groups in total. The molecule has 0 spiro atoms. The van der Waals surface area contributed by atoms with Crippen LogP contribution < -0.4 is 10.5 Å². The maximum atomic E-state index is 5.87. The summed E-state index contributed by atoms with van der Waals surface area (Å²) in [6.07, 6.45) is 1.74. The van der Waals surface area contributed by atoms with Crippen molar-refractivity contribution in [1.82, 2.24) is 0 Å². The highest BCUT2D eigenvalue weighted by atomic mass is 16.7. The van der Waals surface area contributed by atoms with E-state index in [4.69, 9.17) is 19.9 Å². The molecule has 1 fully saturated rings. The molecular formula is C13H19NO3. The van der Waals surface area contributed by atoms with Crippen molar-refractivity contribution < 1.29 is 14.2 Å². The second-order valence-corrected chi connectivity index (χ2v) is 4.36. The Morgan fingerprint density at radius 3 is 2.82 bits per heavy atom. The maximum Gasteiger partial charge on any atom is 0.157 e. The second kappa shape index (κ2) is 5.38. The molecule has 1 aliphatic rings. The Labute approximate surface area is 102 Å². The van der Waals surface area contributed by atoms with Crippen LogP contribution in [0.4, 0.5) is 5.69 Å². The zero-order valence-electron chi connectivity index (χ0n) is 10.3. The van der Waals surface area contributed by atoms with Gasteiger partial charge in [0.05, 0.1) is 12.3 Å². The van der Waals surface area contributed by atoms with E-state index in [1.807, 2.05) is 25.1 Å². The van der Waals surface area contributed by atoms with Gasteiger partial charge in [-0.3, -0.25) is 0 Å². The first kappa shape index (κ1) is 12.2. The molecule has 0 aliphatic carbocycles. The molecule has 1 saturated heterocycles. The van der Waals surface area contributed by atoms with E-state index in [0.717, 1.165) is 24.2 Å². The van der Waals surface area contributed by atoms with Gasteiger partial charge in [-0.1, -0.05) is 6.07 Å². The van der Waals surface area contributed by atoms with Gasteiger partial charge in [0.15, 0.2) is 6.29 Å². The minimum atomic E-state index is -0.0929. The lowest BCUT2D eigenvalue weighted by atomic mass is 10.1. The van der Waals surface area contributed by atoms with Gasteiger partial charge in [-0.05, 0) is 31.0 Å². The minimum Gasteiger partial charge on any atom is -0.486 e. The minimum absolute atomic E-state index is 0.0606. The summed E-state index contributed by atoms with van der Waals surface area (Å²) in [5.41, 5.74) is 7.68. The molecule has 2 rings (SSSR count). The van der Waals surface area contributed by atoms with Crippen molar-refractivity contribution in [2.24, 2.45) is 0 Å². The van der Waals surface area contributed by atoms with E-state index in [-0.39, 0.29) is 12.4 Å². The molecule has 0 saturated carbocycles. The fourth-order valence-electron chi connectivity index (χ4n) is 1.91. The molecule has 94 valence electrons. The summed E-state index contributed by atoms with van der Waals surface area (Å²) in [6.45, 7) is 2.57. The van der Waals surface area contributed by atoms with Crippen molar-refractivity contribution in [3.63, 3.8) is 0 Å². The molecule has 0 amide bonds. The number of anilines is 1. The van der Waals surface area contributed by atoms with Gasteiger partial charge in [0.1, 0.15) is 11.9 Å². The SMILES string of the molecule is CO[C@@H]1CCC(Oc2cc(C)ccc2N)CO1. The number of rotatable bonds is 3. The number of methoxy groups -OCH3 is 1. The summed E-state index contributed by atoms with van der Waals surface area (Å²) in [6, 6.07) is 5.80. The average Bonchev–Trinajstić information content (AvgIpc) is 2.35. The molecule has 1 aromatic rings. The lowest BCUT2D eigenvalue weighted by Gasteiger charge is -2.28. The van der Waals surface area contributed by atoms with Gasteiger partial charge < -0.3 is 19.9 Å². The summed E-state index contributed by atoms with van der Waals surface area (Å²) in [5, 5.41) is 0. The van der Waals surface area contributed by atoms with Gasteiger partial charge in [0.25, 0.3) is 0 Å². The molecule has 1 unspecified atom stereocenters. The van der Waals surface area contributed by atoms with Crippen LogP contribution in [0.1, 0.15) is 18.4 Å². The lowest BCUT2D eigenvalue weighted by Crippen LogP contribution is -2.34. The van der Waals surface area contributed by atoms with E-state index in [0.29, 0.717) is 12.3 Å². The standard InChI is InChI=1S/C13H19NO3/c1-9-3-5-11(14)12(7-9)17-10-4-6-13(15-2)16-8-10/h3,5,7,10,13H,4,6,8,14H2,1-2H3/t10?,13-/m0/s1. The quantitative estimate of drug-likeness (QED) is 0.818. The lowest BCUT2D eigenvalue weighted by molar-refractivity contribution is -0.168. The van der Waals surface area contributed by atoms with Crippen molar-refractivity contribution in [2.75, 3.05) is 19.5 Å². The van der Waals surface area contributed by atoms with Crippen molar-refractivity contribution in [3.05, 3.63) is 23.8 Å². The third-order valence-corrected chi connectivity index (χ3v) is 2.92. The van der Waals surface area contributed by atoms with Crippen LogP contribution in [0.2, 0.25) is 0 Å². The van der Waals surface area contributed by atoms with E-state index in [1.165, 1.54) is 0 Å². The number of benzene rings is 1. The van der Waals surface area contributed by atoms with Gasteiger partial charge >= 0.3 is 0 Å². The van der Waals surface area contributed by atoms with Crippen molar-refractivity contribution in [2.45, 2.75) is 32.2 Å². The summed E-state index contributed by atoms with van der Waals surface area (Å²) in [4.78, 5) is 0. The predicted molar refractivity (Wildman–Crippen MR) is 66.0 cm³/mol. The Morgan fingerprint density at radius 2 is 2.18 bits per heavy atom. The molecule has 0 aromatic heterocycles. The first-order valence-corrected chi connectivity index (χ1v) is 5.86. The van der Waals surface area contributed by atoms with E-state index >= 15 is 0 Å². The van der Waals surface area contributed by atoms with Gasteiger partial charge in [0, 0.05) is 13.5 Å². The molecule has 1 heterocycles. The number of hydrogen-bond acceptors (Lipinski definition) is 4. The first-order chi connectivity index (χ1) is 8.19. The van der Waals surface area contributed by atoms with Crippen molar-refractivity contribution in [3.8, 4) is 5.75 Å². The molecule has 0 bridgehead atoms. The van der Waals surface area contributed by atoms with Crippen LogP contribution in [-0.4, -0.2) is 26.1 Å². The van der Waals surface area contributed by atoms with Crippen LogP contribution in [0.5, 0.6) is 5.75 Å². The third kappa shape index (κ3) is 3.11. The maximum absolute atomic E-state index is 5.87. The van der Waals surface area contributed by atoms with Gasteiger partial charge in [-0.25, -0.2) is 0 Å². The first-order valence-electron chi connectivity index (χ1n) is 5.86. The largest absolute Gasteiger partial charge is 0.486 e. The van der Waals surface area contributed by atoms with Crippen LogP contribution >= 0.6 is 0 Å². The molecule has 17 heavy (non-hydrogen) atoms. The number of ether oxygens (including phenoxy) is 3. The second-order valence-electron chi connectivity index (χ2n) is 4.36. The topological polar surface area (TPSA) is 53.7 Å². The van der Waals surface area contributed by atoms with E-state index in [1.54, 1.807) is 7.11 Å². The summed E-state index contributed by atoms with van der Waals surface area (Å²) < 4.78 is 16.5. The Bertz CT molecular complexity index is 373. The molecule has 4 heteroatoms. The normalized spacial score (nSPS) is 24.6. The monoisotopic (exact) mass is 237 g/mol. The van der Waals surface area contributed by atoms with Gasteiger partial charge in [-0.15, -0.1) is 0 Å². The van der Waals surface area contributed by atoms with Gasteiger partial charge in [0.2, 0.25) is 0 Å². The molecule has 1 aliphatic heterocycles. The molecular weight excluding hydrogens is 218 g/mol. The van der Waals surface area contributed by atoms with Crippen LogP contribution in [0.15, 0.2) is 18.2 Å². The number of nitrogen functional groups attached to an aromatic ring is 1. The highest BCUT2D eigenvalue weighted by Crippen LogP contribution is 2.26. The molecule has 2 atom stereocenters. The van der Waals surface area contributed by atoms with Gasteiger partial charge in [-0.2, -0.15) is 0 Å². The fourth-order valence-corrected chi connectivity index (χ4v) is 1.91. The van der Waals surface area contributed by atoms with Crippen LogP contribution in [0, 0.1) is 6.92 Å². The Morgan fingerprint density at radius 1 is 1.35 bits per heavy atom. The smallest absolute Gasteiger partial charge is 0.157 e. The summed E-state index contributed by atoms with van der Waals surface area (Å²) in [7, 11) is 1.66. The zero-order chi connectivity index (χ0) is 12.3. The fraction of sp³-hybridized carbons (Fsp3) is 0.538. The molecule has 1 aromatic carbocycles.